The second-order valence-corrected chi connectivity index (χ2v) is 6.06. The molecule has 2 aliphatic heterocycles. The van der Waals surface area contributed by atoms with Crippen molar-refractivity contribution in [2.24, 2.45) is 0 Å². The lowest BCUT2D eigenvalue weighted by molar-refractivity contribution is -0.149. The molecule has 0 aromatic rings. The van der Waals surface area contributed by atoms with Crippen molar-refractivity contribution in [3.8, 4) is 0 Å². The van der Waals surface area contributed by atoms with Crippen LogP contribution in [0.15, 0.2) is 0 Å². The highest BCUT2D eigenvalue weighted by Crippen LogP contribution is 2.32. The standard InChI is InChI=1S/C12H20N2O4S/c1-3-10-14(9(6-19-10)12(16)17)11(15)8-4-7(18-2)5-13-8/h7-10,13H,3-6H2,1-2H3,(H,16,17). The lowest BCUT2D eigenvalue weighted by Crippen LogP contribution is -2.51. The van der Waals surface area contributed by atoms with Crippen LogP contribution in [0.4, 0.5) is 0 Å². The molecular formula is C12H20N2O4S. The number of nitrogens with zero attached hydrogens (tertiary/aromatic N) is 1. The summed E-state index contributed by atoms with van der Waals surface area (Å²) in [5.74, 6) is -0.554. The van der Waals surface area contributed by atoms with Crippen molar-refractivity contribution in [2.45, 2.75) is 43.3 Å². The Balaban J connectivity index is 2.08. The van der Waals surface area contributed by atoms with E-state index in [0.717, 1.165) is 6.42 Å². The van der Waals surface area contributed by atoms with E-state index >= 15 is 0 Å². The van der Waals surface area contributed by atoms with E-state index in [1.54, 1.807) is 23.8 Å². The van der Waals surface area contributed by atoms with Crippen molar-refractivity contribution < 1.29 is 19.4 Å². The fourth-order valence-corrected chi connectivity index (χ4v) is 3.97. The van der Waals surface area contributed by atoms with Gasteiger partial charge in [0.1, 0.15) is 6.04 Å². The highest BCUT2D eigenvalue weighted by molar-refractivity contribution is 8.00. The van der Waals surface area contributed by atoms with Crippen molar-refractivity contribution in [3.05, 3.63) is 0 Å². The van der Waals surface area contributed by atoms with Crippen LogP contribution in [0.1, 0.15) is 19.8 Å². The van der Waals surface area contributed by atoms with Crippen LogP contribution in [0, 0.1) is 0 Å². The van der Waals surface area contributed by atoms with Crippen LogP contribution >= 0.6 is 11.8 Å². The Morgan fingerprint density at radius 1 is 1.53 bits per heavy atom. The molecule has 6 nitrogen and oxygen atoms in total. The highest BCUT2D eigenvalue weighted by atomic mass is 32.2. The number of carboxylic acid groups (broad SMARTS) is 1. The smallest absolute Gasteiger partial charge is 0.327 e. The third-order valence-electron chi connectivity index (χ3n) is 3.70. The van der Waals surface area contributed by atoms with Crippen molar-refractivity contribution in [3.63, 3.8) is 0 Å². The van der Waals surface area contributed by atoms with Crippen LogP contribution in [0.3, 0.4) is 0 Å². The summed E-state index contributed by atoms with van der Waals surface area (Å²) >= 11 is 1.55. The number of methoxy groups -OCH3 is 1. The average molecular weight is 288 g/mol. The first kappa shape index (κ1) is 14.6. The molecule has 0 saturated carbocycles. The molecule has 2 N–H and O–H groups in total. The molecule has 0 aromatic carbocycles. The summed E-state index contributed by atoms with van der Waals surface area (Å²) in [5, 5.41) is 12.3. The maximum atomic E-state index is 12.5. The van der Waals surface area contributed by atoms with E-state index in [4.69, 9.17) is 4.74 Å². The molecule has 2 saturated heterocycles. The first-order valence-corrected chi connectivity index (χ1v) is 7.56. The van der Waals surface area contributed by atoms with Crippen LogP contribution in [0.5, 0.6) is 0 Å². The van der Waals surface area contributed by atoms with Gasteiger partial charge in [-0.2, -0.15) is 0 Å². The quantitative estimate of drug-likeness (QED) is 0.765. The summed E-state index contributed by atoms with van der Waals surface area (Å²) in [6, 6.07) is -1.02. The minimum absolute atomic E-state index is 0.0306. The van der Waals surface area contributed by atoms with E-state index in [9.17, 15) is 14.7 Å². The van der Waals surface area contributed by atoms with Gasteiger partial charge in [0.05, 0.1) is 17.5 Å². The second kappa shape index (κ2) is 6.11. The number of hydrogen-bond acceptors (Lipinski definition) is 5. The number of ether oxygens (including phenoxy) is 1. The van der Waals surface area contributed by atoms with Crippen LogP contribution in [-0.4, -0.2) is 64.9 Å². The lowest BCUT2D eigenvalue weighted by Gasteiger charge is -2.29. The van der Waals surface area contributed by atoms with Gasteiger partial charge in [-0.25, -0.2) is 4.79 Å². The van der Waals surface area contributed by atoms with Gasteiger partial charge in [0.25, 0.3) is 0 Å². The first-order chi connectivity index (χ1) is 9.08. The van der Waals surface area contributed by atoms with Crippen LogP contribution in [0.2, 0.25) is 0 Å². The summed E-state index contributed by atoms with van der Waals surface area (Å²) in [7, 11) is 1.62. The molecule has 108 valence electrons. The molecule has 0 radical (unpaired) electrons. The number of rotatable bonds is 4. The molecule has 2 heterocycles. The minimum Gasteiger partial charge on any atom is -0.480 e. The third-order valence-corrected chi connectivity index (χ3v) is 5.16. The topological polar surface area (TPSA) is 78.9 Å². The van der Waals surface area contributed by atoms with Gasteiger partial charge in [-0.15, -0.1) is 11.8 Å². The van der Waals surface area contributed by atoms with Crippen molar-refractivity contribution in [1.29, 1.82) is 0 Å². The molecule has 0 aliphatic carbocycles. The summed E-state index contributed by atoms with van der Waals surface area (Å²) in [4.78, 5) is 25.3. The van der Waals surface area contributed by atoms with Crippen LogP contribution < -0.4 is 5.32 Å². The van der Waals surface area contributed by atoms with E-state index in [1.165, 1.54) is 0 Å². The first-order valence-electron chi connectivity index (χ1n) is 6.51. The maximum Gasteiger partial charge on any atom is 0.327 e. The van der Waals surface area contributed by atoms with E-state index < -0.39 is 12.0 Å². The molecule has 0 spiro atoms. The molecule has 1 amide bonds. The van der Waals surface area contributed by atoms with Crippen molar-refractivity contribution in [1.82, 2.24) is 10.2 Å². The number of thioether (sulfide) groups is 1. The number of hydrogen-bond donors (Lipinski definition) is 2. The molecule has 2 rings (SSSR count). The lowest BCUT2D eigenvalue weighted by atomic mass is 10.1. The van der Waals surface area contributed by atoms with Crippen molar-refractivity contribution in [2.75, 3.05) is 19.4 Å². The molecule has 2 fully saturated rings. The summed E-state index contributed by atoms with van der Waals surface area (Å²) < 4.78 is 5.23. The SMILES string of the molecule is CCC1SCC(C(=O)O)N1C(=O)C1CC(OC)CN1. The third kappa shape index (κ3) is 2.88. The Kier molecular flexibility index (Phi) is 4.70. The van der Waals surface area contributed by atoms with Gasteiger partial charge < -0.3 is 20.1 Å². The fraction of sp³-hybridized carbons (Fsp3) is 0.833. The highest BCUT2D eigenvalue weighted by Gasteiger charge is 2.44. The number of carboxylic acids is 1. The molecule has 0 aromatic heterocycles. The predicted octanol–water partition coefficient (Wildman–Crippen LogP) is 0.128. The molecule has 19 heavy (non-hydrogen) atoms. The summed E-state index contributed by atoms with van der Waals surface area (Å²) in [5.41, 5.74) is 0. The van der Waals surface area contributed by atoms with Gasteiger partial charge in [0.2, 0.25) is 5.91 Å². The maximum absolute atomic E-state index is 12.5. The van der Waals surface area contributed by atoms with Gasteiger partial charge >= 0.3 is 5.97 Å². The Labute approximate surface area is 116 Å². The van der Waals surface area contributed by atoms with Crippen molar-refractivity contribution >= 4 is 23.6 Å². The van der Waals surface area contributed by atoms with E-state index in [0.29, 0.717) is 18.7 Å². The minimum atomic E-state index is -0.918. The Morgan fingerprint density at radius 2 is 2.26 bits per heavy atom. The average Bonchev–Trinajstić information content (AvgIpc) is 3.03. The number of amides is 1. The summed E-state index contributed by atoms with van der Waals surface area (Å²) in [6.07, 6.45) is 1.41. The van der Waals surface area contributed by atoms with Gasteiger partial charge in [0, 0.05) is 19.4 Å². The Bertz CT molecular complexity index is 366. The fourth-order valence-electron chi connectivity index (χ4n) is 2.61. The number of nitrogens with one attached hydrogen (secondary N) is 1. The Hall–Kier alpha value is -0.790. The largest absolute Gasteiger partial charge is 0.480 e. The van der Waals surface area contributed by atoms with E-state index in [1.807, 2.05) is 6.92 Å². The zero-order valence-corrected chi connectivity index (χ0v) is 12.0. The Morgan fingerprint density at radius 3 is 2.79 bits per heavy atom. The molecular weight excluding hydrogens is 268 g/mol. The van der Waals surface area contributed by atoms with E-state index in [2.05, 4.69) is 5.32 Å². The zero-order valence-electron chi connectivity index (χ0n) is 11.2. The zero-order chi connectivity index (χ0) is 14.0. The predicted molar refractivity (Wildman–Crippen MR) is 72.0 cm³/mol. The number of carbonyl (C=O) groups excluding carboxylic acids is 1. The van der Waals surface area contributed by atoms with Crippen LogP contribution in [-0.2, 0) is 14.3 Å². The van der Waals surface area contributed by atoms with Gasteiger partial charge in [0.15, 0.2) is 0 Å². The number of aliphatic carboxylic acids is 1. The van der Waals surface area contributed by atoms with Gasteiger partial charge in [-0.3, -0.25) is 4.79 Å². The van der Waals surface area contributed by atoms with Gasteiger partial charge in [-0.05, 0) is 12.8 Å². The molecule has 4 atom stereocenters. The number of carbonyl (C=O) groups is 2. The monoisotopic (exact) mass is 288 g/mol. The van der Waals surface area contributed by atoms with E-state index in [-0.39, 0.29) is 23.4 Å². The molecule has 7 heteroatoms. The molecule has 0 bridgehead atoms. The van der Waals surface area contributed by atoms with Gasteiger partial charge in [-0.1, -0.05) is 6.92 Å². The molecule has 2 aliphatic rings. The summed E-state index contributed by atoms with van der Waals surface area (Å²) in [6.45, 7) is 2.62. The van der Waals surface area contributed by atoms with Crippen LogP contribution in [0.25, 0.3) is 0 Å². The molecule has 4 unspecified atom stereocenters. The second-order valence-electron chi connectivity index (χ2n) is 4.85. The normalized spacial score (nSPS) is 34.7.